The Morgan fingerprint density at radius 2 is 2.05 bits per heavy atom. The average Bonchev–Trinajstić information content (AvgIpc) is 2.37. The van der Waals surface area contributed by atoms with Crippen molar-refractivity contribution in [3.8, 4) is 5.69 Å². The fourth-order valence-corrected chi connectivity index (χ4v) is 1.89. The predicted molar refractivity (Wildman–Crippen MR) is 77.0 cm³/mol. The van der Waals surface area contributed by atoms with Crippen LogP contribution in [-0.2, 0) is 4.79 Å². The lowest BCUT2D eigenvalue weighted by molar-refractivity contribution is -0.113. The zero-order valence-electron chi connectivity index (χ0n) is 10.0. The first-order valence-electron chi connectivity index (χ1n) is 5.49. The highest BCUT2D eigenvalue weighted by Gasteiger charge is 2.11. The van der Waals surface area contributed by atoms with Crippen LogP contribution in [-0.4, -0.2) is 21.3 Å². The van der Waals surface area contributed by atoms with Gasteiger partial charge in [0.05, 0.1) is 5.69 Å². The zero-order chi connectivity index (χ0) is 14.7. The molecule has 2 rings (SSSR count). The maximum absolute atomic E-state index is 11.9. The number of nitrogens with zero attached hydrogens (tertiary/aromatic N) is 1. The summed E-state index contributed by atoms with van der Waals surface area (Å²) < 4.78 is 1.12. The molecule has 6 nitrogen and oxygen atoms in total. The number of halogens is 2. The van der Waals surface area contributed by atoms with E-state index in [9.17, 15) is 14.4 Å². The Hall–Kier alpha value is -2.05. The monoisotopic (exact) mass is 313 g/mol. The molecule has 0 aliphatic rings. The molecule has 8 heteroatoms. The number of hydrogen-bond acceptors (Lipinski definition) is 3. The Morgan fingerprint density at radius 1 is 1.30 bits per heavy atom. The number of rotatable bonds is 3. The summed E-state index contributed by atoms with van der Waals surface area (Å²) in [6, 6.07) is 7.51. The summed E-state index contributed by atoms with van der Waals surface area (Å²) in [5.74, 6) is -0.810. The molecular formula is C12H9Cl2N3O3. The molecule has 20 heavy (non-hydrogen) atoms. The van der Waals surface area contributed by atoms with Gasteiger partial charge in [0.25, 0.3) is 5.56 Å². The van der Waals surface area contributed by atoms with Crippen molar-refractivity contribution in [1.29, 1.82) is 0 Å². The molecule has 1 heterocycles. The van der Waals surface area contributed by atoms with Crippen molar-refractivity contribution in [2.24, 2.45) is 0 Å². The summed E-state index contributed by atoms with van der Waals surface area (Å²) >= 11 is 11.3. The van der Waals surface area contributed by atoms with Gasteiger partial charge in [-0.2, -0.15) is 0 Å². The molecule has 0 radical (unpaired) electrons. The Labute approximate surface area is 123 Å². The number of anilines is 1. The maximum Gasteiger partial charge on any atom is 0.334 e. The highest BCUT2D eigenvalue weighted by atomic mass is 35.5. The Morgan fingerprint density at radius 3 is 2.70 bits per heavy atom. The number of carbonyl (C=O) groups excluding carboxylic acids is 1. The SMILES string of the molecule is O=C(CCl)Nc1cc(=O)[nH]c(=O)n1-c1cccc(Cl)c1. The quantitative estimate of drug-likeness (QED) is 0.839. The molecule has 0 atom stereocenters. The summed E-state index contributed by atoms with van der Waals surface area (Å²) in [6.07, 6.45) is 0. The number of H-pyrrole nitrogens is 1. The van der Waals surface area contributed by atoms with Crippen LogP contribution in [0.15, 0.2) is 39.9 Å². The standard InChI is InChI=1S/C12H9Cl2N3O3/c13-6-11(19)15-9-5-10(18)16-12(20)17(9)8-3-1-2-7(14)4-8/h1-5H,6H2,(H,15,19)(H,16,18,20). The third-order valence-electron chi connectivity index (χ3n) is 2.40. The van der Waals surface area contributed by atoms with Crippen LogP contribution in [0, 0.1) is 0 Å². The highest BCUT2D eigenvalue weighted by molar-refractivity contribution is 6.30. The van der Waals surface area contributed by atoms with Gasteiger partial charge >= 0.3 is 5.69 Å². The van der Waals surface area contributed by atoms with Crippen molar-refractivity contribution in [2.75, 3.05) is 11.2 Å². The van der Waals surface area contributed by atoms with E-state index in [2.05, 4.69) is 10.3 Å². The number of amides is 1. The van der Waals surface area contributed by atoms with Gasteiger partial charge in [-0.15, -0.1) is 11.6 Å². The fraction of sp³-hybridized carbons (Fsp3) is 0.0833. The predicted octanol–water partition coefficient (Wildman–Crippen LogP) is 1.36. The average molecular weight is 314 g/mol. The van der Waals surface area contributed by atoms with Gasteiger partial charge in [-0.05, 0) is 18.2 Å². The first-order chi connectivity index (χ1) is 9.51. The van der Waals surface area contributed by atoms with Crippen molar-refractivity contribution in [3.63, 3.8) is 0 Å². The third kappa shape index (κ3) is 3.09. The summed E-state index contributed by atoms with van der Waals surface area (Å²) in [5, 5.41) is 2.80. The van der Waals surface area contributed by atoms with Gasteiger partial charge in [0, 0.05) is 11.1 Å². The van der Waals surface area contributed by atoms with Crippen LogP contribution in [0.25, 0.3) is 5.69 Å². The van der Waals surface area contributed by atoms with Crippen molar-refractivity contribution in [3.05, 3.63) is 56.2 Å². The van der Waals surface area contributed by atoms with Crippen LogP contribution in [0.5, 0.6) is 0 Å². The van der Waals surface area contributed by atoms with Crippen LogP contribution in [0.2, 0.25) is 5.02 Å². The van der Waals surface area contributed by atoms with Crippen LogP contribution >= 0.6 is 23.2 Å². The molecule has 0 aliphatic heterocycles. The number of hydrogen-bond donors (Lipinski definition) is 2. The highest BCUT2D eigenvalue weighted by Crippen LogP contribution is 2.16. The van der Waals surface area contributed by atoms with E-state index in [1.165, 1.54) is 6.07 Å². The molecular weight excluding hydrogens is 305 g/mol. The molecule has 104 valence electrons. The van der Waals surface area contributed by atoms with Crippen molar-refractivity contribution in [2.45, 2.75) is 0 Å². The van der Waals surface area contributed by atoms with E-state index < -0.39 is 17.2 Å². The van der Waals surface area contributed by atoms with Crippen LogP contribution in [0.4, 0.5) is 5.82 Å². The van der Waals surface area contributed by atoms with Crippen molar-refractivity contribution in [1.82, 2.24) is 9.55 Å². The summed E-state index contributed by atoms with van der Waals surface area (Å²) in [7, 11) is 0. The molecule has 0 bridgehead atoms. The van der Waals surface area contributed by atoms with E-state index in [1.54, 1.807) is 18.2 Å². The van der Waals surface area contributed by atoms with E-state index in [4.69, 9.17) is 23.2 Å². The minimum absolute atomic E-state index is 0.0201. The Kier molecular flexibility index (Phi) is 4.26. The van der Waals surface area contributed by atoms with Crippen LogP contribution in [0.3, 0.4) is 0 Å². The second kappa shape index (κ2) is 5.94. The van der Waals surface area contributed by atoms with Gasteiger partial charge in [-0.1, -0.05) is 17.7 Å². The lowest BCUT2D eigenvalue weighted by atomic mass is 10.3. The molecule has 1 amide bonds. The largest absolute Gasteiger partial charge is 0.334 e. The normalized spacial score (nSPS) is 10.3. The fourth-order valence-electron chi connectivity index (χ4n) is 1.64. The molecule has 1 aromatic heterocycles. The number of alkyl halides is 1. The lowest BCUT2D eigenvalue weighted by Gasteiger charge is -2.12. The number of nitrogens with one attached hydrogen (secondary N) is 2. The molecule has 0 spiro atoms. The van der Waals surface area contributed by atoms with Crippen molar-refractivity contribution >= 4 is 34.9 Å². The van der Waals surface area contributed by atoms with Gasteiger partial charge < -0.3 is 5.32 Å². The Bertz CT molecular complexity index is 767. The first kappa shape index (κ1) is 14.4. The number of aromatic amines is 1. The minimum Gasteiger partial charge on any atom is -0.310 e. The number of carbonyl (C=O) groups is 1. The van der Waals surface area contributed by atoms with Gasteiger partial charge in [0.15, 0.2) is 0 Å². The summed E-state index contributed by atoms with van der Waals surface area (Å²) in [6.45, 7) is 0. The second-order valence-electron chi connectivity index (χ2n) is 3.82. The molecule has 2 N–H and O–H groups in total. The molecule has 1 aromatic carbocycles. The van der Waals surface area contributed by atoms with Gasteiger partial charge in [0.2, 0.25) is 5.91 Å². The van der Waals surface area contributed by atoms with E-state index in [0.29, 0.717) is 10.7 Å². The molecule has 0 aliphatic carbocycles. The van der Waals surface area contributed by atoms with Crippen molar-refractivity contribution < 1.29 is 4.79 Å². The first-order valence-corrected chi connectivity index (χ1v) is 6.40. The van der Waals surface area contributed by atoms with E-state index in [0.717, 1.165) is 10.6 Å². The van der Waals surface area contributed by atoms with Crippen LogP contribution in [0.1, 0.15) is 0 Å². The summed E-state index contributed by atoms with van der Waals surface area (Å²) in [4.78, 5) is 36.7. The van der Waals surface area contributed by atoms with E-state index in [-0.39, 0.29) is 11.7 Å². The topological polar surface area (TPSA) is 84.0 Å². The summed E-state index contributed by atoms with van der Waals surface area (Å²) in [5.41, 5.74) is -0.911. The van der Waals surface area contributed by atoms with Gasteiger partial charge in [-0.25, -0.2) is 9.36 Å². The smallest absolute Gasteiger partial charge is 0.310 e. The van der Waals surface area contributed by atoms with Gasteiger partial charge in [0.1, 0.15) is 11.7 Å². The number of aromatic nitrogens is 2. The molecule has 0 saturated carbocycles. The van der Waals surface area contributed by atoms with Crippen LogP contribution < -0.4 is 16.6 Å². The Balaban J connectivity index is 2.65. The second-order valence-corrected chi connectivity index (χ2v) is 4.52. The molecule has 2 aromatic rings. The minimum atomic E-state index is -0.690. The maximum atomic E-state index is 11.9. The lowest BCUT2D eigenvalue weighted by Crippen LogP contribution is -2.32. The molecule has 0 saturated heterocycles. The van der Waals surface area contributed by atoms with E-state index >= 15 is 0 Å². The zero-order valence-corrected chi connectivity index (χ0v) is 11.5. The number of benzene rings is 1. The van der Waals surface area contributed by atoms with E-state index in [1.807, 2.05) is 0 Å². The molecule has 0 fully saturated rings. The molecule has 0 unspecified atom stereocenters. The van der Waals surface area contributed by atoms with Gasteiger partial charge in [-0.3, -0.25) is 14.6 Å². The third-order valence-corrected chi connectivity index (χ3v) is 2.88.